The second kappa shape index (κ2) is 6.87. The molecule has 0 spiro atoms. The molecule has 1 heterocycles. The van der Waals surface area contributed by atoms with Gasteiger partial charge in [-0.2, -0.15) is 0 Å². The molecule has 0 atom stereocenters. The minimum atomic E-state index is 0.0572. The first-order valence-electron chi connectivity index (χ1n) is 8.01. The van der Waals surface area contributed by atoms with E-state index in [2.05, 4.69) is 10.9 Å². The van der Waals surface area contributed by atoms with Crippen molar-refractivity contribution < 1.29 is 4.79 Å². The van der Waals surface area contributed by atoms with Crippen LogP contribution >= 0.6 is 11.8 Å². The van der Waals surface area contributed by atoms with E-state index in [0.29, 0.717) is 4.91 Å². The topological polar surface area (TPSA) is 41.1 Å². The Morgan fingerprint density at radius 2 is 1.40 bits per heavy atom. The van der Waals surface area contributed by atoms with Crippen LogP contribution in [0.2, 0.25) is 0 Å². The number of nitrogens with one attached hydrogen (secondary N) is 2. The summed E-state index contributed by atoms with van der Waals surface area (Å²) in [6, 6.07) is 27.5. The maximum Gasteiger partial charge on any atom is 0.203 e. The van der Waals surface area contributed by atoms with E-state index in [1.165, 1.54) is 11.8 Å². The van der Waals surface area contributed by atoms with Crippen LogP contribution < -0.4 is 10.9 Å². The summed E-state index contributed by atoms with van der Waals surface area (Å²) in [6.07, 6.45) is 0. The molecule has 3 aromatic rings. The van der Waals surface area contributed by atoms with Crippen molar-refractivity contribution in [2.75, 3.05) is 5.43 Å². The van der Waals surface area contributed by atoms with Crippen molar-refractivity contribution in [2.45, 2.75) is 4.90 Å². The Morgan fingerprint density at radius 1 is 0.760 bits per heavy atom. The fourth-order valence-electron chi connectivity index (χ4n) is 2.71. The largest absolute Gasteiger partial charge is 0.301 e. The van der Waals surface area contributed by atoms with E-state index >= 15 is 0 Å². The molecule has 0 saturated carbocycles. The molecule has 4 heteroatoms. The molecule has 0 amide bonds. The van der Waals surface area contributed by atoms with Crippen molar-refractivity contribution in [1.29, 1.82) is 0 Å². The van der Waals surface area contributed by atoms with Crippen molar-refractivity contribution in [1.82, 2.24) is 5.43 Å². The molecule has 1 aliphatic rings. The van der Waals surface area contributed by atoms with Crippen LogP contribution in [-0.2, 0) is 0 Å². The third kappa shape index (κ3) is 3.16. The van der Waals surface area contributed by atoms with Gasteiger partial charge in [0.05, 0.1) is 16.3 Å². The Balaban J connectivity index is 1.73. The van der Waals surface area contributed by atoms with Crippen molar-refractivity contribution in [3.05, 3.63) is 101 Å². The molecule has 0 fully saturated rings. The summed E-state index contributed by atoms with van der Waals surface area (Å²) in [7, 11) is 0. The number of ketones is 1. The lowest BCUT2D eigenvalue weighted by Crippen LogP contribution is -2.22. The molecule has 0 saturated heterocycles. The van der Waals surface area contributed by atoms with Crippen LogP contribution in [0.25, 0.3) is 5.70 Å². The predicted octanol–water partition coefficient (Wildman–Crippen LogP) is 4.96. The number of thioether (sulfide) groups is 1. The van der Waals surface area contributed by atoms with E-state index in [1.54, 1.807) is 0 Å². The lowest BCUT2D eigenvalue weighted by Gasteiger charge is -2.15. The van der Waals surface area contributed by atoms with Crippen LogP contribution in [0.15, 0.2) is 94.7 Å². The average molecular weight is 344 g/mol. The van der Waals surface area contributed by atoms with Gasteiger partial charge < -0.3 is 5.43 Å². The molecule has 0 aliphatic carbocycles. The number of carbonyl (C=O) groups is 1. The Labute approximate surface area is 150 Å². The first kappa shape index (κ1) is 15.5. The number of benzene rings is 3. The normalized spacial score (nSPS) is 14.8. The number of anilines is 1. The summed E-state index contributed by atoms with van der Waals surface area (Å²) in [4.78, 5) is 14.6. The molecule has 0 bridgehead atoms. The number of hydrogen-bond acceptors (Lipinski definition) is 4. The standard InChI is InChI=1S/C21H16N2OS/c24-20-17-13-7-8-14-18(17)25-21(20)19(15-9-3-1-4-10-15)23-22-16-11-5-2-6-12-16/h1-14,22-23H/b21-19+. The number of hydrazine groups is 1. The van der Waals surface area contributed by atoms with Crippen LogP contribution in [0.1, 0.15) is 15.9 Å². The second-order valence-corrected chi connectivity index (χ2v) is 6.67. The Hall–Kier alpha value is -2.98. The van der Waals surface area contributed by atoms with Gasteiger partial charge in [-0.25, -0.2) is 0 Å². The van der Waals surface area contributed by atoms with Gasteiger partial charge in [0.15, 0.2) is 0 Å². The third-order valence-electron chi connectivity index (χ3n) is 3.95. The van der Waals surface area contributed by atoms with Gasteiger partial charge >= 0.3 is 0 Å². The van der Waals surface area contributed by atoms with Crippen LogP contribution in [-0.4, -0.2) is 5.78 Å². The Bertz CT molecular complexity index is 936. The number of fused-ring (bicyclic) bond motifs is 1. The molecule has 2 N–H and O–H groups in total. The molecule has 25 heavy (non-hydrogen) atoms. The van der Waals surface area contributed by atoms with Crippen molar-refractivity contribution >= 4 is 28.9 Å². The van der Waals surface area contributed by atoms with Gasteiger partial charge in [-0.05, 0) is 24.3 Å². The van der Waals surface area contributed by atoms with Gasteiger partial charge in [0.25, 0.3) is 0 Å². The van der Waals surface area contributed by atoms with E-state index in [-0.39, 0.29) is 5.78 Å². The van der Waals surface area contributed by atoms with Crippen LogP contribution in [0.4, 0.5) is 5.69 Å². The van der Waals surface area contributed by atoms with E-state index < -0.39 is 0 Å². The first-order chi connectivity index (χ1) is 12.3. The highest BCUT2D eigenvalue weighted by atomic mass is 32.2. The fraction of sp³-hybridized carbons (Fsp3) is 0. The molecule has 0 aromatic heterocycles. The highest BCUT2D eigenvalue weighted by molar-refractivity contribution is 8.05. The zero-order chi connectivity index (χ0) is 17.1. The number of allylic oxidation sites excluding steroid dienone is 1. The molecule has 4 rings (SSSR count). The summed E-state index contributed by atoms with van der Waals surface area (Å²) in [5.74, 6) is 0.0572. The Morgan fingerprint density at radius 3 is 2.12 bits per heavy atom. The monoisotopic (exact) mass is 344 g/mol. The van der Waals surface area contributed by atoms with Gasteiger partial charge in [0.2, 0.25) is 5.78 Å². The maximum absolute atomic E-state index is 12.9. The first-order valence-corrected chi connectivity index (χ1v) is 8.83. The summed E-state index contributed by atoms with van der Waals surface area (Å²) in [6.45, 7) is 0. The molecular formula is C21H16N2OS. The highest BCUT2D eigenvalue weighted by Gasteiger charge is 2.29. The average Bonchev–Trinajstić information content (AvgIpc) is 3.01. The van der Waals surface area contributed by atoms with Gasteiger partial charge in [0.1, 0.15) is 0 Å². The summed E-state index contributed by atoms with van der Waals surface area (Å²) >= 11 is 1.51. The molecule has 1 aliphatic heterocycles. The van der Waals surface area contributed by atoms with Gasteiger partial charge in [-0.3, -0.25) is 10.2 Å². The molecule has 0 unspecified atom stereocenters. The molecule has 0 radical (unpaired) electrons. The van der Waals surface area contributed by atoms with E-state index in [1.807, 2.05) is 84.9 Å². The van der Waals surface area contributed by atoms with Crippen LogP contribution in [0.3, 0.4) is 0 Å². The highest BCUT2D eigenvalue weighted by Crippen LogP contribution is 2.42. The number of carbonyl (C=O) groups excluding carboxylic acids is 1. The molecule has 3 aromatic carbocycles. The van der Waals surface area contributed by atoms with E-state index in [9.17, 15) is 4.79 Å². The number of hydrogen-bond donors (Lipinski definition) is 2. The summed E-state index contributed by atoms with van der Waals surface area (Å²) in [5, 5.41) is 0. The van der Waals surface area contributed by atoms with Crippen molar-refractivity contribution in [3.8, 4) is 0 Å². The van der Waals surface area contributed by atoms with Crippen molar-refractivity contribution in [2.24, 2.45) is 0 Å². The van der Waals surface area contributed by atoms with E-state index in [4.69, 9.17) is 0 Å². The third-order valence-corrected chi connectivity index (χ3v) is 5.11. The summed E-state index contributed by atoms with van der Waals surface area (Å²) in [5.41, 5.74) is 9.89. The van der Waals surface area contributed by atoms with Gasteiger partial charge in [0, 0.05) is 16.0 Å². The fourth-order valence-corrected chi connectivity index (χ4v) is 3.82. The quantitative estimate of drug-likeness (QED) is 0.518. The minimum absolute atomic E-state index is 0.0572. The van der Waals surface area contributed by atoms with Crippen LogP contribution in [0.5, 0.6) is 0 Å². The van der Waals surface area contributed by atoms with Gasteiger partial charge in [-0.1, -0.05) is 72.4 Å². The second-order valence-electron chi connectivity index (χ2n) is 5.61. The molecule has 3 nitrogen and oxygen atoms in total. The van der Waals surface area contributed by atoms with Gasteiger partial charge in [-0.15, -0.1) is 0 Å². The SMILES string of the molecule is O=C1/C(=C(\NNc2ccccc2)c2ccccc2)Sc2ccccc21. The number of Topliss-reactive ketones (excluding diaryl/α,β-unsaturated/α-hetero) is 1. The van der Waals surface area contributed by atoms with Crippen molar-refractivity contribution in [3.63, 3.8) is 0 Å². The smallest absolute Gasteiger partial charge is 0.203 e. The molecule has 122 valence electrons. The Kier molecular flexibility index (Phi) is 4.27. The van der Waals surface area contributed by atoms with E-state index in [0.717, 1.165) is 27.4 Å². The predicted molar refractivity (Wildman–Crippen MR) is 103 cm³/mol. The zero-order valence-corrected chi connectivity index (χ0v) is 14.2. The molecular weight excluding hydrogens is 328 g/mol. The lowest BCUT2D eigenvalue weighted by atomic mass is 10.1. The minimum Gasteiger partial charge on any atom is -0.301 e. The summed E-state index contributed by atoms with van der Waals surface area (Å²) < 4.78 is 0. The lowest BCUT2D eigenvalue weighted by molar-refractivity contribution is 0.104. The zero-order valence-electron chi connectivity index (χ0n) is 13.4. The van der Waals surface area contributed by atoms with Crippen LogP contribution in [0, 0.1) is 0 Å². The maximum atomic E-state index is 12.9. The number of rotatable bonds is 4. The number of para-hydroxylation sites is 1.